The topological polar surface area (TPSA) is 26.3 Å². The number of hydrogen-bond donors (Lipinski definition) is 0. The SMILES string of the molecule is CC(C)C(=O)OC12C(F)(F)C3(F)C(F)(F)C(F)(C(F)(F)C(F)(C3(F)F)C1(F)F)C2(F)F. The van der Waals surface area contributed by atoms with Crippen LogP contribution in [0.5, 0.6) is 0 Å². The van der Waals surface area contributed by atoms with Crippen LogP contribution in [-0.4, -0.2) is 64.1 Å². The molecule has 0 aromatic rings. The summed E-state index contributed by atoms with van der Waals surface area (Å²) in [5.74, 6) is -51.6. The van der Waals surface area contributed by atoms with Crippen molar-refractivity contribution < 1.29 is 75.4 Å². The van der Waals surface area contributed by atoms with Crippen LogP contribution >= 0.6 is 0 Å². The zero-order valence-corrected chi connectivity index (χ0v) is 14.6. The normalized spacial score (nSPS) is 46.8. The van der Waals surface area contributed by atoms with Crippen LogP contribution in [0.15, 0.2) is 0 Å². The molecule has 0 unspecified atom stereocenters. The molecule has 4 bridgehead atoms. The summed E-state index contributed by atoms with van der Waals surface area (Å²) in [5, 5.41) is 0. The molecule has 0 aromatic carbocycles. The van der Waals surface area contributed by atoms with Crippen molar-refractivity contribution in [3.05, 3.63) is 0 Å². The fourth-order valence-electron chi connectivity index (χ4n) is 4.27. The first-order chi connectivity index (χ1) is 13.3. The summed E-state index contributed by atoms with van der Waals surface area (Å²) in [6, 6.07) is 0. The minimum atomic E-state index is -7.89. The fourth-order valence-corrected chi connectivity index (χ4v) is 4.27. The highest BCUT2D eigenvalue weighted by Gasteiger charge is 3.24. The molecule has 4 aliphatic rings. The Morgan fingerprint density at radius 1 is 0.516 bits per heavy atom. The maximum Gasteiger partial charge on any atom is 0.345 e. The Hall–Kier alpha value is -1.58. The van der Waals surface area contributed by atoms with Crippen molar-refractivity contribution in [3.63, 3.8) is 0 Å². The van der Waals surface area contributed by atoms with E-state index in [-0.39, 0.29) is 0 Å². The third-order valence-corrected chi connectivity index (χ3v) is 5.95. The summed E-state index contributed by atoms with van der Waals surface area (Å²) in [4.78, 5) is 11.5. The van der Waals surface area contributed by atoms with Crippen LogP contribution in [0.4, 0.5) is 65.9 Å². The molecule has 0 aliphatic heterocycles. The molecule has 4 aliphatic carbocycles. The molecule has 0 saturated heterocycles. The molecular weight excluding hydrogens is 485 g/mol. The van der Waals surface area contributed by atoms with Crippen LogP contribution in [0.1, 0.15) is 13.8 Å². The molecular formula is C14H7F15O2. The van der Waals surface area contributed by atoms with Gasteiger partial charge >= 0.3 is 64.1 Å². The first-order valence-electron chi connectivity index (χ1n) is 7.89. The van der Waals surface area contributed by atoms with E-state index in [0.29, 0.717) is 13.8 Å². The predicted octanol–water partition coefficient (Wildman–Crippen LogP) is 4.90. The highest BCUT2D eigenvalue weighted by Crippen LogP contribution is 2.88. The van der Waals surface area contributed by atoms with Crippen LogP contribution < -0.4 is 0 Å². The monoisotopic (exact) mass is 492 g/mol. The minimum absolute atomic E-state index is 0.511. The zero-order valence-electron chi connectivity index (χ0n) is 14.6. The average molecular weight is 492 g/mol. The van der Waals surface area contributed by atoms with Gasteiger partial charge in [-0.1, -0.05) is 13.8 Å². The van der Waals surface area contributed by atoms with Gasteiger partial charge in [-0.3, -0.25) is 4.79 Å². The molecule has 31 heavy (non-hydrogen) atoms. The van der Waals surface area contributed by atoms with E-state index in [4.69, 9.17) is 0 Å². The molecule has 0 aromatic heterocycles. The Bertz CT molecular complexity index is 749. The van der Waals surface area contributed by atoms with Crippen molar-refractivity contribution in [2.75, 3.05) is 0 Å². The third-order valence-electron chi connectivity index (χ3n) is 5.95. The van der Waals surface area contributed by atoms with Crippen LogP contribution in [-0.2, 0) is 9.53 Å². The van der Waals surface area contributed by atoms with E-state index in [1.807, 2.05) is 0 Å². The second kappa shape index (κ2) is 4.99. The number of rotatable bonds is 2. The van der Waals surface area contributed by atoms with Crippen LogP contribution in [0, 0.1) is 5.92 Å². The Morgan fingerprint density at radius 3 is 0.935 bits per heavy atom. The van der Waals surface area contributed by atoms with Crippen LogP contribution in [0.2, 0.25) is 0 Å². The second-order valence-electron chi connectivity index (χ2n) is 7.68. The van der Waals surface area contributed by atoms with Crippen molar-refractivity contribution in [2.45, 2.75) is 72.0 Å². The molecule has 17 heteroatoms. The molecule has 2 nitrogen and oxygen atoms in total. The quantitative estimate of drug-likeness (QED) is 0.405. The van der Waals surface area contributed by atoms with Gasteiger partial charge in [0.05, 0.1) is 5.92 Å². The summed E-state index contributed by atoms with van der Waals surface area (Å²) in [6.07, 6.45) is 0. The van der Waals surface area contributed by atoms with Crippen LogP contribution in [0.25, 0.3) is 0 Å². The van der Waals surface area contributed by atoms with Gasteiger partial charge in [-0.15, -0.1) is 0 Å². The number of carbonyl (C=O) groups is 1. The maximum absolute atomic E-state index is 14.7. The van der Waals surface area contributed by atoms with Crippen molar-refractivity contribution >= 4 is 5.97 Å². The first-order valence-corrected chi connectivity index (χ1v) is 7.89. The zero-order chi connectivity index (χ0) is 24.9. The van der Waals surface area contributed by atoms with Gasteiger partial charge in [0.25, 0.3) is 0 Å². The number of halogens is 15. The smallest absolute Gasteiger partial charge is 0.345 e. The average Bonchev–Trinajstić information content (AvgIpc) is 2.58. The lowest BCUT2D eigenvalue weighted by Gasteiger charge is -2.74. The van der Waals surface area contributed by atoms with Crippen molar-refractivity contribution in [2.24, 2.45) is 5.92 Å². The molecule has 4 fully saturated rings. The maximum atomic E-state index is 14.7. The lowest BCUT2D eigenvalue weighted by molar-refractivity contribution is -0.614. The molecule has 0 N–H and O–H groups in total. The standard InChI is InChI=1S/C14H7F15O2/c1-3(2)4(30)31-8-12(24,25)5(15)9(18,19)6(16,13(8,26)27)11(22,23)7(17,10(5,20)21)14(8,28)29/h3H,1-2H3. The van der Waals surface area contributed by atoms with Gasteiger partial charge in [0.1, 0.15) is 0 Å². The third kappa shape index (κ3) is 1.49. The largest absolute Gasteiger partial charge is 0.439 e. The molecule has 4 rings (SSSR count). The highest BCUT2D eigenvalue weighted by atomic mass is 19.3. The van der Waals surface area contributed by atoms with E-state index >= 15 is 0 Å². The van der Waals surface area contributed by atoms with Crippen molar-refractivity contribution in [1.29, 1.82) is 0 Å². The van der Waals surface area contributed by atoms with E-state index in [2.05, 4.69) is 4.74 Å². The molecule has 0 atom stereocenters. The van der Waals surface area contributed by atoms with Gasteiger partial charge in [-0.2, -0.15) is 52.7 Å². The van der Waals surface area contributed by atoms with Crippen molar-refractivity contribution in [3.8, 4) is 0 Å². The number of ether oxygens (including phenoxy) is 1. The van der Waals surface area contributed by atoms with E-state index in [1.165, 1.54) is 0 Å². The van der Waals surface area contributed by atoms with Gasteiger partial charge in [0.2, 0.25) is 0 Å². The fraction of sp³-hybridized carbons (Fsp3) is 0.929. The number of hydrogen-bond acceptors (Lipinski definition) is 2. The molecule has 0 spiro atoms. The molecule has 0 radical (unpaired) electrons. The van der Waals surface area contributed by atoms with E-state index in [1.54, 1.807) is 0 Å². The second-order valence-corrected chi connectivity index (χ2v) is 7.68. The Balaban J connectivity index is 2.67. The summed E-state index contributed by atoms with van der Waals surface area (Å²) in [5.41, 5.74) is -30.4. The molecule has 4 saturated carbocycles. The van der Waals surface area contributed by atoms with Gasteiger partial charge < -0.3 is 4.74 Å². The molecule has 0 amide bonds. The van der Waals surface area contributed by atoms with Crippen molar-refractivity contribution in [1.82, 2.24) is 0 Å². The number of carbonyl (C=O) groups excluding carboxylic acids is 1. The lowest BCUT2D eigenvalue weighted by Crippen LogP contribution is -3.10. The van der Waals surface area contributed by atoms with Gasteiger partial charge in [0, 0.05) is 0 Å². The Kier molecular flexibility index (Phi) is 3.88. The summed E-state index contributed by atoms with van der Waals surface area (Å²) < 4.78 is 219. The van der Waals surface area contributed by atoms with Gasteiger partial charge in [0.15, 0.2) is 0 Å². The Labute approximate surface area is 160 Å². The highest BCUT2D eigenvalue weighted by molar-refractivity contribution is 5.73. The van der Waals surface area contributed by atoms with E-state index < -0.39 is 70.0 Å². The molecule has 180 valence electrons. The number of alkyl halides is 15. The number of esters is 1. The minimum Gasteiger partial charge on any atom is -0.439 e. The predicted molar refractivity (Wildman–Crippen MR) is 64.9 cm³/mol. The van der Waals surface area contributed by atoms with Gasteiger partial charge in [-0.05, 0) is 0 Å². The first kappa shape index (κ1) is 24.1. The van der Waals surface area contributed by atoms with E-state index in [0.717, 1.165) is 0 Å². The van der Waals surface area contributed by atoms with E-state index in [9.17, 15) is 70.7 Å². The summed E-state index contributed by atoms with van der Waals surface area (Å²) in [6.45, 7) is 1.02. The summed E-state index contributed by atoms with van der Waals surface area (Å²) in [7, 11) is 0. The Morgan fingerprint density at radius 2 is 0.742 bits per heavy atom. The van der Waals surface area contributed by atoms with Gasteiger partial charge in [-0.25, -0.2) is 13.2 Å². The van der Waals surface area contributed by atoms with Crippen LogP contribution in [0.3, 0.4) is 0 Å². The molecule has 0 heterocycles. The summed E-state index contributed by atoms with van der Waals surface area (Å²) >= 11 is 0. The lowest BCUT2D eigenvalue weighted by atomic mass is 9.40.